The molecule has 1 N–H and O–H groups in total. The average molecular weight is 423 g/mol. The minimum absolute atomic E-state index is 0.293. The molecule has 2 aromatic rings. The van der Waals surface area contributed by atoms with Gasteiger partial charge in [-0.3, -0.25) is 14.5 Å². The van der Waals surface area contributed by atoms with E-state index in [1.54, 1.807) is 36.1 Å². The van der Waals surface area contributed by atoms with Gasteiger partial charge in [-0.05, 0) is 25.5 Å². The number of nitrogens with one attached hydrogen (secondary N) is 1. The lowest BCUT2D eigenvalue weighted by Gasteiger charge is -2.27. The molecule has 1 saturated heterocycles. The molecule has 4 rings (SSSR count). The molecular formula is C23H25N3O5. The first-order chi connectivity index (χ1) is 14.9. The molecule has 0 aliphatic carbocycles. The van der Waals surface area contributed by atoms with E-state index >= 15 is 0 Å². The second kappa shape index (κ2) is 8.29. The second-order valence-corrected chi connectivity index (χ2v) is 7.66. The summed E-state index contributed by atoms with van der Waals surface area (Å²) in [6.07, 6.45) is 0. The third kappa shape index (κ3) is 3.81. The second-order valence-electron chi connectivity index (χ2n) is 7.66. The van der Waals surface area contributed by atoms with Crippen LogP contribution in [0.5, 0.6) is 11.5 Å². The van der Waals surface area contributed by atoms with Crippen LogP contribution in [0, 0.1) is 0 Å². The molecule has 162 valence electrons. The molecule has 1 atom stereocenters. The van der Waals surface area contributed by atoms with Crippen LogP contribution in [0.25, 0.3) is 0 Å². The summed E-state index contributed by atoms with van der Waals surface area (Å²) in [6.45, 7) is 4.82. The van der Waals surface area contributed by atoms with Gasteiger partial charge in [0.1, 0.15) is 25.3 Å². The summed E-state index contributed by atoms with van der Waals surface area (Å²) >= 11 is 0. The summed E-state index contributed by atoms with van der Waals surface area (Å²) in [5.41, 5.74) is 0.293. The highest BCUT2D eigenvalue weighted by molar-refractivity contribution is 6.09. The predicted octanol–water partition coefficient (Wildman–Crippen LogP) is 2.27. The predicted molar refractivity (Wildman–Crippen MR) is 113 cm³/mol. The quantitative estimate of drug-likeness (QED) is 0.720. The Hall–Kier alpha value is -3.55. The third-order valence-electron chi connectivity index (χ3n) is 5.66. The number of likely N-dealkylation sites (N-methyl/N-ethyl adjacent to an activating group) is 1. The van der Waals surface area contributed by atoms with Crippen molar-refractivity contribution in [1.29, 1.82) is 0 Å². The molecule has 0 saturated carbocycles. The number of carbonyl (C=O) groups is 3. The van der Waals surface area contributed by atoms with Crippen molar-refractivity contribution in [3.63, 3.8) is 0 Å². The lowest BCUT2D eigenvalue weighted by molar-refractivity contribution is -0.139. The standard InChI is InChI=1S/C23H25N3O5/c1-3-25(14-16-8-7-11-18-20(16)31-13-12-30-18)19(27)15-26-21(28)23(2,24-22(26)29)17-9-5-4-6-10-17/h4-11H,3,12-15H2,1-2H3,(H,24,29). The van der Waals surface area contributed by atoms with Gasteiger partial charge in [0.05, 0.1) is 0 Å². The zero-order valence-electron chi connectivity index (χ0n) is 17.6. The maximum absolute atomic E-state index is 13.1. The first-order valence-corrected chi connectivity index (χ1v) is 10.3. The van der Waals surface area contributed by atoms with Gasteiger partial charge < -0.3 is 19.7 Å². The summed E-state index contributed by atoms with van der Waals surface area (Å²) < 4.78 is 11.3. The van der Waals surface area contributed by atoms with Gasteiger partial charge in [-0.1, -0.05) is 42.5 Å². The zero-order valence-corrected chi connectivity index (χ0v) is 17.6. The lowest BCUT2D eigenvalue weighted by atomic mass is 9.92. The third-order valence-corrected chi connectivity index (χ3v) is 5.66. The first kappa shape index (κ1) is 20.7. The molecule has 8 heteroatoms. The number of nitrogens with zero attached hydrogens (tertiary/aromatic N) is 2. The van der Waals surface area contributed by atoms with Crippen molar-refractivity contribution in [3.8, 4) is 11.5 Å². The van der Waals surface area contributed by atoms with Crippen molar-refractivity contribution in [2.45, 2.75) is 25.9 Å². The van der Waals surface area contributed by atoms with Crippen LogP contribution in [0.3, 0.4) is 0 Å². The van der Waals surface area contributed by atoms with E-state index in [9.17, 15) is 14.4 Å². The molecule has 2 heterocycles. The van der Waals surface area contributed by atoms with Crippen molar-refractivity contribution in [2.75, 3.05) is 26.3 Å². The minimum atomic E-state index is -1.20. The molecule has 2 aliphatic heterocycles. The van der Waals surface area contributed by atoms with Crippen molar-refractivity contribution in [3.05, 3.63) is 59.7 Å². The summed E-state index contributed by atoms with van der Waals surface area (Å²) in [5.74, 6) is 0.520. The Bertz CT molecular complexity index is 1010. The Morgan fingerprint density at radius 3 is 2.58 bits per heavy atom. The summed E-state index contributed by atoms with van der Waals surface area (Å²) in [4.78, 5) is 41.2. The van der Waals surface area contributed by atoms with Gasteiger partial charge in [0.2, 0.25) is 5.91 Å². The van der Waals surface area contributed by atoms with E-state index in [0.717, 1.165) is 10.5 Å². The SMILES string of the molecule is CCN(Cc1cccc2c1OCCO2)C(=O)CN1C(=O)NC(C)(c2ccccc2)C1=O. The van der Waals surface area contributed by atoms with Crippen LogP contribution in [-0.2, 0) is 21.7 Å². The van der Waals surface area contributed by atoms with Gasteiger partial charge >= 0.3 is 6.03 Å². The first-order valence-electron chi connectivity index (χ1n) is 10.3. The van der Waals surface area contributed by atoms with Gasteiger partial charge in [-0.25, -0.2) is 4.79 Å². The number of hydrogen-bond acceptors (Lipinski definition) is 5. The van der Waals surface area contributed by atoms with Crippen molar-refractivity contribution in [1.82, 2.24) is 15.1 Å². The smallest absolute Gasteiger partial charge is 0.325 e. The molecule has 31 heavy (non-hydrogen) atoms. The van der Waals surface area contributed by atoms with Gasteiger partial charge in [-0.15, -0.1) is 0 Å². The van der Waals surface area contributed by atoms with Crippen LogP contribution in [0.1, 0.15) is 25.0 Å². The fourth-order valence-corrected chi connectivity index (χ4v) is 3.88. The Kier molecular flexibility index (Phi) is 5.54. The molecule has 4 amide bonds. The molecule has 1 unspecified atom stereocenters. The van der Waals surface area contributed by atoms with Crippen molar-refractivity contribution < 1.29 is 23.9 Å². The molecule has 2 aromatic carbocycles. The van der Waals surface area contributed by atoms with Crippen LogP contribution in [0.4, 0.5) is 4.79 Å². The van der Waals surface area contributed by atoms with Crippen LogP contribution in [0.15, 0.2) is 48.5 Å². The molecule has 0 aromatic heterocycles. The molecule has 2 aliphatic rings. The Balaban J connectivity index is 1.49. The highest BCUT2D eigenvalue weighted by atomic mass is 16.6. The fraction of sp³-hybridized carbons (Fsp3) is 0.348. The topological polar surface area (TPSA) is 88.2 Å². The van der Waals surface area contributed by atoms with Crippen molar-refractivity contribution >= 4 is 17.8 Å². The molecule has 0 spiro atoms. The molecular weight excluding hydrogens is 398 g/mol. The highest BCUT2D eigenvalue weighted by Crippen LogP contribution is 2.34. The van der Waals surface area contributed by atoms with Gasteiger partial charge in [-0.2, -0.15) is 0 Å². The van der Waals surface area contributed by atoms with E-state index in [1.807, 2.05) is 31.2 Å². The van der Waals surface area contributed by atoms with E-state index in [-0.39, 0.29) is 12.5 Å². The summed E-state index contributed by atoms with van der Waals surface area (Å²) in [7, 11) is 0. The van der Waals surface area contributed by atoms with Crippen LogP contribution in [-0.4, -0.2) is 53.9 Å². The largest absolute Gasteiger partial charge is 0.486 e. The number of amides is 4. The summed E-state index contributed by atoms with van der Waals surface area (Å²) in [5, 5.41) is 2.73. The number of carbonyl (C=O) groups excluding carboxylic acids is 3. The number of imide groups is 1. The average Bonchev–Trinajstić information content (AvgIpc) is 3.02. The Labute approximate surface area is 180 Å². The number of ether oxygens (including phenoxy) is 2. The highest BCUT2D eigenvalue weighted by Gasteiger charge is 2.49. The number of fused-ring (bicyclic) bond motifs is 1. The zero-order chi connectivity index (χ0) is 22.0. The molecule has 0 bridgehead atoms. The monoisotopic (exact) mass is 423 g/mol. The van der Waals surface area contributed by atoms with E-state index in [4.69, 9.17) is 9.47 Å². The van der Waals surface area contributed by atoms with Gasteiger partial charge in [0.15, 0.2) is 11.5 Å². The normalized spacial score (nSPS) is 19.9. The Morgan fingerprint density at radius 1 is 1.10 bits per heavy atom. The maximum atomic E-state index is 13.1. The minimum Gasteiger partial charge on any atom is -0.486 e. The van der Waals surface area contributed by atoms with Gasteiger partial charge in [0.25, 0.3) is 5.91 Å². The van der Waals surface area contributed by atoms with E-state index in [2.05, 4.69) is 5.32 Å². The molecule has 0 radical (unpaired) electrons. The van der Waals surface area contributed by atoms with E-state index < -0.39 is 17.5 Å². The lowest BCUT2D eigenvalue weighted by Crippen LogP contribution is -2.44. The van der Waals surface area contributed by atoms with Crippen LogP contribution >= 0.6 is 0 Å². The van der Waals surface area contributed by atoms with Crippen LogP contribution < -0.4 is 14.8 Å². The number of rotatable bonds is 6. The molecule has 8 nitrogen and oxygen atoms in total. The number of urea groups is 1. The maximum Gasteiger partial charge on any atom is 0.325 e. The Morgan fingerprint density at radius 2 is 1.84 bits per heavy atom. The van der Waals surface area contributed by atoms with E-state index in [1.165, 1.54) is 0 Å². The summed E-state index contributed by atoms with van der Waals surface area (Å²) in [6, 6.07) is 14.0. The number of benzene rings is 2. The van der Waals surface area contributed by atoms with Crippen LogP contribution in [0.2, 0.25) is 0 Å². The van der Waals surface area contributed by atoms with Crippen molar-refractivity contribution in [2.24, 2.45) is 0 Å². The fourth-order valence-electron chi connectivity index (χ4n) is 3.88. The number of hydrogen-bond donors (Lipinski definition) is 1. The number of para-hydroxylation sites is 1. The van der Waals surface area contributed by atoms with E-state index in [0.29, 0.717) is 43.4 Å². The van der Waals surface area contributed by atoms with Gasteiger partial charge in [0, 0.05) is 18.7 Å². The molecule has 1 fully saturated rings.